The maximum atomic E-state index is 12.3. The quantitative estimate of drug-likeness (QED) is 0.448. The van der Waals surface area contributed by atoms with Crippen LogP contribution in [-0.2, 0) is 21.2 Å². The van der Waals surface area contributed by atoms with Gasteiger partial charge in [0, 0.05) is 12.1 Å². The van der Waals surface area contributed by atoms with Crippen molar-refractivity contribution in [1.82, 2.24) is 10.3 Å². The van der Waals surface area contributed by atoms with Crippen molar-refractivity contribution >= 4 is 27.7 Å². The summed E-state index contributed by atoms with van der Waals surface area (Å²) in [5.74, 6) is 0.652. The van der Waals surface area contributed by atoms with Gasteiger partial charge < -0.3 is 10.1 Å². The van der Waals surface area contributed by atoms with Crippen molar-refractivity contribution in [3.8, 4) is 23.1 Å². The van der Waals surface area contributed by atoms with Gasteiger partial charge in [0.25, 0.3) is 0 Å². The molecule has 0 bridgehead atoms. The van der Waals surface area contributed by atoms with Crippen molar-refractivity contribution in [1.29, 1.82) is 5.26 Å². The number of carbonyl (C=O) groups is 1. The van der Waals surface area contributed by atoms with E-state index in [2.05, 4.69) is 16.4 Å². The van der Waals surface area contributed by atoms with Crippen LogP contribution in [0.3, 0.4) is 0 Å². The number of thioether (sulfide) groups is 1. The van der Waals surface area contributed by atoms with Gasteiger partial charge in [-0.25, -0.2) is 18.5 Å². The SMILES string of the molecule is COc1ccc(-c2ccc(C#N)c(SCC(=O)NCCc3ccc(S(N)(=O)=O)cc3)n2)cc1. The number of nitrogens with zero attached hydrogens (tertiary/aromatic N) is 2. The van der Waals surface area contributed by atoms with Crippen LogP contribution in [0.1, 0.15) is 11.1 Å². The van der Waals surface area contributed by atoms with E-state index in [4.69, 9.17) is 9.88 Å². The van der Waals surface area contributed by atoms with E-state index in [0.717, 1.165) is 16.9 Å². The summed E-state index contributed by atoms with van der Waals surface area (Å²) in [5.41, 5.74) is 2.85. The predicted molar refractivity (Wildman–Crippen MR) is 126 cm³/mol. The van der Waals surface area contributed by atoms with E-state index in [-0.39, 0.29) is 16.6 Å². The lowest BCUT2D eigenvalue weighted by Gasteiger charge is -2.08. The number of ether oxygens (including phenoxy) is 1. The van der Waals surface area contributed by atoms with Crippen LogP contribution in [0.15, 0.2) is 70.6 Å². The monoisotopic (exact) mass is 482 g/mol. The van der Waals surface area contributed by atoms with Crippen LogP contribution in [0.4, 0.5) is 0 Å². The molecule has 170 valence electrons. The molecule has 0 aliphatic carbocycles. The summed E-state index contributed by atoms with van der Waals surface area (Å²) < 4.78 is 27.8. The van der Waals surface area contributed by atoms with Crippen molar-refractivity contribution in [3.05, 3.63) is 71.8 Å². The Morgan fingerprint density at radius 2 is 1.82 bits per heavy atom. The third-order valence-corrected chi connectivity index (χ3v) is 6.61. The van der Waals surface area contributed by atoms with Crippen LogP contribution in [0.25, 0.3) is 11.3 Å². The van der Waals surface area contributed by atoms with E-state index in [9.17, 15) is 18.5 Å². The first-order valence-corrected chi connectivity index (χ1v) is 12.4. The zero-order chi connectivity index (χ0) is 23.8. The number of carbonyl (C=O) groups excluding carboxylic acids is 1. The number of benzene rings is 2. The normalized spacial score (nSPS) is 10.9. The molecule has 0 atom stereocenters. The number of pyridine rings is 1. The molecular formula is C23H22N4O4S2. The first kappa shape index (κ1) is 24.3. The molecule has 0 aliphatic rings. The molecule has 0 fully saturated rings. The summed E-state index contributed by atoms with van der Waals surface area (Å²) in [6.07, 6.45) is 0.538. The van der Waals surface area contributed by atoms with Crippen LogP contribution in [-0.4, -0.2) is 38.7 Å². The molecule has 0 unspecified atom stereocenters. The Kier molecular flexibility index (Phi) is 8.06. The molecule has 0 aliphatic heterocycles. The van der Waals surface area contributed by atoms with E-state index >= 15 is 0 Å². The molecule has 3 aromatic rings. The first-order chi connectivity index (χ1) is 15.8. The summed E-state index contributed by atoms with van der Waals surface area (Å²) in [7, 11) is -2.13. The standard InChI is InChI=1S/C23H22N4O4S2/c1-31-19-7-4-17(5-8-19)21-11-6-18(14-24)23(27-21)32-15-22(28)26-13-12-16-2-9-20(10-3-16)33(25,29)30/h2-11H,12-13,15H2,1H3,(H,26,28)(H2,25,29,30). The molecular weight excluding hydrogens is 460 g/mol. The summed E-state index contributed by atoms with van der Waals surface area (Å²) in [4.78, 5) is 16.9. The number of hydrogen-bond acceptors (Lipinski definition) is 7. The Labute approximate surface area is 196 Å². The van der Waals surface area contributed by atoms with Gasteiger partial charge in [-0.2, -0.15) is 5.26 Å². The Morgan fingerprint density at radius 3 is 2.42 bits per heavy atom. The molecule has 3 N–H and O–H groups in total. The molecule has 8 nitrogen and oxygen atoms in total. The van der Waals surface area contributed by atoms with Crippen molar-refractivity contribution < 1.29 is 17.9 Å². The fourth-order valence-electron chi connectivity index (χ4n) is 2.94. The fourth-order valence-corrected chi connectivity index (χ4v) is 4.25. The average Bonchev–Trinajstić information content (AvgIpc) is 2.82. The number of sulfonamides is 1. The third-order valence-electron chi connectivity index (χ3n) is 4.69. The molecule has 10 heteroatoms. The van der Waals surface area contributed by atoms with Gasteiger partial charge in [0.2, 0.25) is 15.9 Å². The molecule has 1 amide bonds. The highest BCUT2D eigenvalue weighted by molar-refractivity contribution is 8.00. The van der Waals surface area contributed by atoms with Crippen molar-refractivity contribution in [2.24, 2.45) is 5.14 Å². The summed E-state index contributed by atoms with van der Waals surface area (Å²) in [5, 5.41) is 17.8. The maximum Gasteiger partial charge on any atom is 0.238 e. The number of nitriles is 1. The minimum absolute atomic E-state index is 0.0457. The second-order valence-corrected chi connectivity index (χ2v) is 9.49. The fraction of sp³-hybridized carbons (Fsp3) is 0.174. The van der Waals surface area contributed by atoms with Crippen LogP contribution >= 0.6 is 11.8 Å². The minimum Gasteiger partial charge on any atom is -0.497 e. The smallest absolute Gasteiger partial charge is 0.238 e. The van der Waals surface area contributed by atoms with E-state index in [1.165, 1.54) is 23.9 Å². The molecule has 0 saturated heterocycles. The van der Waals surface area contributed by atoms with Gasteiger partial charge in [0.1, 0.15) is 16.8 Å². The minimum atomic E-state index is -3.72. The number of rotatable bonds is 9. The van der Waals surface area contributed by atoms with E-state index < -0.39 is 10.0 Å². The second kappa shape index (κ2) is 11.0. The van der Waals surface area contributed by atoms with Gasteiger partial charge >= 0.3 is 0 Å². The van der Waals surface area contributed by atoms with E-state index in [1.807, 2.05) is 24.3 Å². The Balaban J connectivity index is 1.56. The Morgan fingerprint density at radius 1 is 1.12 bits per heavy atom. The number of aromatic nitrogens is 1. The lowest BCUT2D eigenvalue weighted by Crippen LogP contribution is -2.27. The summed E-state index contributed by atoms with van der Waals surface area (Å²) >= 11 is 1.20. The Bertz CT molecular complexity index is 1270. The highest BCUT2D eigenvalue weighted by Gasteiger charge is 2.11. The second-order valence-electron chi connectivity index (χ2n) is 6.97. The first-order valence-electron chi connectivity index (χ1n) is 9.87. The van der Waals surface area contributed by atoms with Crippen molar-refractivity contribution in [3.63, 3.8) is 0 Å². The molecule has 3 rings (SSSR count). The molecule has 33 heavy (non-hydrogen) atoms. The summed E-state index contributed by atoms with van der Waals surface area (Å²) in [6.45, 7) is 0.387. The molecule has 1 heterocycles. The average molecular weight is 483 g/mol. The van der Waals surface area contributed by atoms with Crippen LogP contribution in [0.2, 0.25) is 0 Å². The number of hydrogen-bond donors (Lipinski definition) is 2. The Hall–Kier alpha value is -3.39. The highest BCUT2D eigenvalue weighted by atomic mass is 32.2. The third kappa shape index (κ3) is 6.79. The van der Waals surface area contributed by atoms with Crippen molar-refractivity contribution in [2.75, 3.05) is 19.4 Å². The number of methoxy groups -OCH3 is 1. The number of primary sulfonamides is 1. The number of amides is 1. The summed E-state index contributed by atoms with van der Waals surface area (Å²) in [6, 6.07) is 19.2. The number of nitrogens with two attached hydrogens (primary N) is 1. The molecule has 1 aromatic heterocycles. The zero-order valence-corrected chi connectivity index (χ0v) is 19.4. The lowest BCUT2D eigenvalue weighted by molar-refractivity contribution is -0.118. The maximum absolute atomic E-state index is 12.3. The van der Waals surface area contributed by atoms with E-state index in [0.29, 0.717) is 29.2 Å². The zero-order valence-electron chi connectivity index (χ0n) is 17.8. The van der Waals surface area contributed by atoms with Crippen LogP contribution in [0.5, 0.6) is 5.75 Å². The topological polar surface area (TPSA) is 135 Å². The van der Waals surface area contributed by atoms with Gasteiger partial charge in [-0.3, -0.25) is 4.79 Å². The molecule has 0 saturated carbocycles. The molecule has 0 radical (unpaired) electrons. The number of nitrogens with one attached hydrogen (secondary N) is 1. The van der Waals surface area contributed by atoms with Crippen molar-refractivity contribution in [2.45, 2.75) is 16.3 Å². The van der Waals surface area contributed by atoms with Gasteiger partial charge in [-0.15, -0.1) is 0 Å². The van der Waals surface area contributed by atoms with Gasteiger partial charge in [-0.05, 0) is 60.5 Å². The molecule has 0 spiro atoms. The van der Waals surface area contributed by atoms with E-state index in [1.54, 1.807) is 31.4 Å². The van der Waals surface area contributed by atoms with Crippen LogP contribution in [0, 0.1) is 11.3 Å². The lowest BCUT2D eigenvalue weighted by atomic mass is 10.1. The van der Waals surface area contributed by atoms with Gasteiger partial charge in [0.05, 0.1) is 29.0 Å². The molecule has 2 aromatic carbocycles. The van der Waals surface area contributed by atoms with Gasteiger partial charge in [0.15, 0.2) is 0 Å². The predicted octanol–water partition coefficient (Wildman–Crippen LogP) is 2.73. The highest BCUT2D eigenvalue weighted by Crippen LogP contribution is 2.26. The largest absolute Gasteiger partial charge is 0.497 e. The van der Waals surface area contributed by atoms with Crippen LogP contribution < -0.4 is 15.2 Å². The van der Waals surface area contributed by atoms with Gasteiger partial charge in [-0.1, -0.05) is 23.9 Å².